The molecule has 0 N–H and O–H groups in total. The summed E-state index contributed by atoms with van der Waals surface area (Å²) in [6.07, 6.45) is -3.94. The lowest BCUT2D eigenvalue weighted by Gasteiger charge is -2.40. The zero-order chi connectivity index (χ0) is 23.0. The number of alkyl halides is 3. The Morgan fingerprint density at radius 3 is 2.78 bits per heavy atom. The Bertz CT molecular complexity index is 1070. The van der Waals surface area contributed by atoms with Crippen LogP contribution in [0.3, 0.4) is 0 Å². The molecule has 2 aromatic heterocycles. The van der Waals surface area contributed by atoms with Crippen molar-refractivity contribution in [1.29, 1.82) is 0 Å². The molecule has 12 heteroatoms. The van der Waals surface area contributed by atoms with Crippen LogP contribution in [0.2, 0.25) is 0 Å². The predicted molar refractivity (Wildman–Crippen MR) is 106 cm³/mol. The van der Waals surface area contributed by atoms with E-state index in [2.05, 4.69) is 9.97 Å². The number of halogens is 4. The normalized spacial score (nSPS) is 21.4. The standard InChI is InChI=1S/C20H21F4N5O3/c1-12-11-32-8-7-27(12)16-9-17(31)28-6-4-15(20(22,23)24)29(19(28)26-16)10-14(30)18-13(21)3-2-5-25-18/h2-3,5,9,12,15H,4,6-8,10-11H2,1H3. The molecule has 4 rings (SSSR count). The van der Waals surface area contributed by atoms with Gasteiger partial charge in [-0.1, -0.05) is 0 Å². The zero-order valence-electron chi connectivity index (χ0n) is 17.2. The maximum atomic E-state index is 14.0. The number of carbonyl (C=O) groups excluding carboxylic acids is 1. The summed E-state index contributed by atoms with van der Waals surface area (Å²) in [4.78, 5) is 36.0. The number of pyridine rings is 1. The van der Waals surface area contributed by atoms with Crippen molar-refractivity contribution in [3.8, 4) is 0 Å². The first-order valence-electron chi connectivity index (χ1n) is 10.1. The fourth-order valence-corrected chi connectivity index (χ4v) is 4.01. The number of hydrogen-bond acceptors (Lipinski definition) is 7. The summed E-state index contributed by atoms with van der Waals surface area (Å²) < 4.78 is 62.1. The predicted octanol–water partition coefficient (Wildman–Crippen LogP) is 2.03. The van der Waals surface area contributed by atoms with Crippen LogP contribution < -0.4 is 15.4 Å². The Balaban J connectivity index is 1.77. The number of aromatic nitrogens is 3. The van der Waals surface area contributed by atoms with E-state index in [9.17, 15) is 27.2 Å². The molecular formula is C20H21F4N5O3. The van der Waals surface area contributed by atoms with E-state index in [4.69, 9.17) is 4.74 Å². The molecule has 2 aliphatic rings. The lowest BCUT2D eigenvalue weighted by molar-refractivity contribution is -0.152. The van der Waals surface area contributed by atoms with Crippen LogP contribution in [0, 0.1) is 5.82 Å². The Kier molecular flexibility index (Phi) is 5.89. The van der Waals surface area contributed by atoms with Gasteiger partial charge in [0.25, 0.3) is 5.56 Å². The fraction of sp³-hybridized carbons (Fsp3) is 0.500. The van der Waals surface area contributed by atoms with Gasteiger partial charge in [-0.3, -0.25) is 14.2 Å². The van der Waals surface area contributed by atoms with Crippen molar-refractivity contribution in [2.45, 2.75) is 38.1 Å². The number of nitrogens with zero attached hydrogens (tertiary/aromatic N) is 5. The second-order valence-electron chi connectivity index (χ2n) is 7.75. The monoisotopic (exact) mass is 455 g/mol. The summed E-state index contributed by atoms with van der Waals surface area (Å²) in [6, 6.07) is 1.36. The zero-order valence-corrected chi connectivity index (χ0v) is 17.2. The third kappa shape index (κ3) is 4.18. The molecule has 0 radical (unpaired) electrons. The number of ketones is 1. The maximum absolute atomic E-state index is 14.0. The highest BCUT2D eigenvalue weighted by molar-refractivity contribution is 5.97. The van der Waals surface area contributed by atoms with Gasteiger partial charge < -0.3 is 14.5 Å². The molecule has 0 saturated carbocycles. The molecular weight excluding hydrogens is 434 g/mol. The molecule has 2 aliphatic heterocycles. The van der Waals surface area contributed by atoms with Crippen LogP contribution in [0.15, 0.2) is 29.2 Å². The average molecular weight is 455 g/mol. The lowest BCUT2D eigenvalue weighted by atomic mass is 10.1. The van der Waals surface area contributed by atoms with Crippen molar-refractivity contribution >= 4 is 17.5 Å². The summed E-state index contributed by atoms with van der Waals surface area (Å²) in [6.45, 7) is 2.00. The highest BCUT2D eigenvalue weighted by Crippen LogP contribution is 2.34. The summed E-state index contributed by atoms with van der Waals surface area (Å²) in [5, 5.41) is 0. The van der Waals surface area contributed by atoms with Crippen LogP contribution in [-0.4, -0.2) is 64.9 Å². The number of carbonyl (C=O) groups is 1. The van der Waals surface area contributed by atoms with Gasteiger partial charge in [-0.25, -0.2) is 9.37 Å². The molecule has 4 heterocycles. The van der Waals surface area contributed by atoms with Crippen LogP contribution in [0.25, 0.3) is 0 Å². The van der Waals surface area contributed by atoms with Gasteiger partial charge in [-0.2, -0.15) is 18.2 Å². The van der Waals surface area contributed by atoms with Crippen LogP contribution in [-0.2, 0) is 11.3 Å². The Labute approximate surface area is 180 Å². The molecule has 0 bridgehead atoms. The molecule has 2 unspecified atom stereocenters. The smallest absolute Gasteiger partial charge is 0.377 e. The summed E-state index contributed by atoms with van der Waals surface area (Å²) in [5.41, 5.74) is -1.09. The van der Waals surface area contributed by atoms with Gasteiger partial charge in [0.1, 0.15) is 17.6 Å². The van der Waals surface area contributed by atoms with Gasteiger partial charge in [0, 0.05) is 25.4 Å². The summed E-state index contributed by atoms with van der Waals surface area (Å²) in [7, 11) is 0. The van der Waals surface area contributed by atoms with E-state index < -0.39 is 48.0 Å². The first kappa shape index (κ1) is 22.2. The van der Waals surface area contributed by atoms with Crippen molar-refractivity contribution in [3.05, 3.63) is 46.3 Å². The molecule has 172 valence electrons. The molecule has 0 amide bonds. The molecule has 0 spiro atoms. The van der Waals surface area contributed by atoms with E-state index in [0.717, 1.165) is 15.5 Å². The number of morpholine rings is 1. The molecule has 2 aromatic rings. The molecule has 2 atom stereocenters. The van der Waals surface area contributed by atoms with Crippen molar-refractivity contribution in [1.82, 2.24) is 14.5 Å². The average Bonchev–Trinajstić information content (AvgIpc) is 2.73. The van der Waals surface area contributed by atoms with Gasteiger partial charge in [-0.15, -0.1) is 0 Å². The largest absolute Gasteiger partial charge is 0.408 e. The number of hydrogen-bond donors (Lipinski definition) is 0. The van der Waals surface area contributed by atoms with Crippen LogP contribution in [0.4, 0.5) is 29.3 Å². The van der Waals surface area contributed by atoms with Gasteiger partial charge in [0.2, 0.25) is 11.7 Å². The Hall–Kier alpha value is -3.02. The minimum atomic E-state index is -4.69. The van der Waals surface area contributed by atoms with Crippen molar-refractivity contribution in [3.63, 3.8) is 0 Å². The van der Waals surface area contributed by atoms with Crippen molar-refractivity contribution in [2.75, 3.05) is 36.1 Å². The second kappa shape index (κ2) is 8.49. The highest BCUT2D eigenvalue weighted by Gasteiger charge is 2.47. The number of Topliss-reactive ketones (excluding diaryl/α,β-unsaturated/α-hetero) is 1. The topological polar surface area (TPSA) is 80.6 Å². The van der Waals surface area contributed by atoms with Gasteiger partial charge in [-0.05, 0) is 25.5 Å². The van der Waals surface area contributed by atoms with E-state index in [1.807, 2.05) is 6.92 Å². The van der Waals surface area contributed by atoms with Crippen LogP contribution in [0.1, 0.15) is 23.8 Å². The van der Waals surface area contributed by atoms with E-state index in [1.54, 1.807) is 4.90 Å². The third-order valence-electron chi connectivity index (χ3n) is 5.61. The number of rotatable bonds is 4. The number of anilines is 2. The first-order chi connectivity index (χ1) is 15.2. The molecule has 32 heavy (non-hydrogen) atoms. The minimum Gasteiger partial charge on any atom is -0.377 e. The number of ether oxygens (including phenoxy) is 1. The molecule has 0 aliphatic carbocycles. The van der Waals surface area contributed by atoms with Crippen LogP contribution in [0.5, 0.6) is 0 Å². The van der Waals surface area contributed by atoms with Crippen molar-refractivity contribution in [2.24, 2.45) is 0 Å². The molecule has 1 saturated heterocycles. The Morgan fingerprint density at radius 2 is 2.09 bits per heavy atom. The second-order valence-corrected chi connectivity index (χ2v) is 7.75. The number of fused-ring (bicyclic) bond motifs is 1. The first-order valence-corrected chi connectivity index (χ1v) is 10.1. The van der Waals surface area contributed by atoms with E-state index in [1.165, 1.54) is 18.3 Å². The SMILES string of the molecule is CC1COCCN1c1cc(=O)n2c(n1)N(CC(=O)c1ncccc1F)C(C(F)(F)F)CC2. The van der Waals surface area contributed by atoms with E-state index in [0.29, 0.717) is 19.8 Å². The lowest BCUT2D eigenvalue weighted by Crippen LogP contribution is -2.54. The van der Waals surface area contributed by atoms with Gasteiger partial charge in [0.05, 0.1) is 25.8 Å². The van der Waals surface area contributed by atoms with Crippen molar-refractivity contribution < 1.29 is 27.1 Å². The molecule has 0 aromatic carbocycles. The van der Waals surface area contributed by atoms with E-state index >= 15 is 0 Å². The summed E-state index contributed by atoms with van der Waals surface area (Å²) in [5.74, 6) is -1.93. The molecule has 1 fully saturated rings. The highest BCUT2D eigenvalue weighted by atomic mass is 19.4. The van der Waals surface area contributed by atoms with Crippen LogP contribution >= 0.6 is 0 Å². The Morgan fingerprint density at radius 1 is 1.31 bits per heavy atom. The minimum absolute atomic E-state index is 0.140. The van der Waals surface area contributed by atoms with Gasteiger partial charge >= 0.3 is 6.18 Å². The molecule has 8 nitrogen and oxygen atoms in total. The fourth-order valence-electron chi connectivity index (χ4n) is 4.01. The summed E-state index contributed by atoms with van der Waals surface area (Å²) >= 11 is 0. The van der Waals surface area contributed by atoms with E-state index in [-0.39, 0.29) is 24.4 Å². The van der Waals surface area contributed by atoms with Gasteiger partial charge in [0.15, 0.2) is 5.82 Å². The third-order valence-corrected chi connectivity index (χ3v) is 5.61. The quantitative estimate of drug-likeness (QED) is 0.516. The maximum Gasteiger partial charge on any atom is 0.408 e.